The molecule has 4 aromatic rings. The minimum absolute atomic E-state index is 0.205. The Morgan fingerprint density at radius 2 is 1.66 bits per heavy atom. The summed E-state index contributed by atoms with van der Waals surface area (Å²) in [6.07, 6.45) is 8.68. The van der Waals surface area contributed by atoms with E-state index in [1.54, 1.807) is 18.6 Å². The molecule has 2 aromatic heterocycles. The number of amides is 1. The van der Waals surface area contributed by atoms with Gasteiger partial charge >= 0.3 is 0 Å². The monoisotopic (exact) mass is 505 g/mol. The summed E-state index contributed by atoms with van der Waals surface area (Å²) < 4.78 is 0. The van der Waals surface area contributed by atoms with Crippen LogP contribution in [-0.2, 0) is 0 Å². The molecule has 0 aliphatic carbocycles. The number of nitrogens with zero attached hydrogens (tertiary/aromatic N) is 5. The number of rotatable bonds is 5. The van der Waals surface area contributed by atoms with E-state index >= 15 is 0 Å². The number of nitrogens with two attached hydrogens (primary N) is 1. The van der Waals surface area contributed by atoms with Gasteiger partial charge in [-0.3, -0.25) is 4.79 Å². The quantitative estimate of drug-likeness (QED) is 0.373. The van der Waals surface area contributed by atoms with Gasteiger partial charge in [-0.1, -0.05) is 36.4 Å². The fourth-order valence-electron chi connectivity index (χ4n) is 5.67. The largest absolute Gasteiger partial charge is 0.397 e. The van der Waals surface area contributed by atoms with E-state index in [9.17, 15) is 4.79 Å². The van der Waals surface area contributed by atoms with Crippen LogP contribution < -0.4 is 20.9 Å². The molecular weight excluding hydrogens is 474 g/mol. The summed E-state index contributed by atoms with van der Waals surface area (Å²) in [5.74, 6) is 1.48. The maximum absolute atomic E-state index is 13.0. The fraction of sp³-hybridized carbons (Fsp3) is 0.267. The Morgan fingerprint density at radius 1 is 0.842 bits per heavy atom. The zero-order valence-electron chi connectivity index (χ0n) is 21.3. The molecule has 8 heteroatoms. The first-order valence-electron chi connectivity index (χ1n) is 13.1. The Morgan fingerprint density at radius 3 is 2.45 bits per heavy atom. The van der Waals surface area contributed by atoms with Gasteiger partial charge in [-0.15, -0.1) is 0 Å². The highest BCUT2D eigenvalue weighted by Crippen LogP contribution is 2.40. The Balaban J connectivity index is 1.13. The van der Waals surface area contributed by atoms with Crippen LogP contribution in [0, 0.1) is 5.41 Å². The molecule has 38 heavy (non-hydrogen) atoms. The second-order valence-electron chi connectivity index (χ2n) is 10.3. The number of pyridine rings is 1. The smallest absolute Gasteiger partial charge is 0.257 e. The maximum Gasteiger partial charge on any atom is 0.257 e. The summed E-state index contributed by atoms with van der Waals surface area (Å²) in [7, 11) is 0. The molecule has 6 rings (SSSR count). The van der Waals surface area contributed by atoms with Crippen molar-refractivity contribution in [2.24, 2.45) is 5.41 Å². The number of piperidine rings is 1. The van der Waals surface area contributed by atoms with Crippen LogP contribution in [0.15, 0.2) is 85.3 Å². The molecule has 3 N–H and O–H groups in total. The van der Waals surface area contributed by atoms with Gasteiger partial charge in [0.1, 0.15) is 5.82 Å². The van der Waals surface area contributed by atoms with Crippen LogP contribution >= 0.6 is 0 Å². The lowest BCUT2D eigenvalue weighted by Crippen LogP contribution is -2.45. The molecule has 192 valence electrons. The van der Waals surface area contributed by atoms with E-state index in [4.69, 9.17) is 5.73 Å². The second kappa shape index (κ2) is 10.1. The van der Waals surface area contributed by atoms with Crippen molar-refractivity contribution in [3.63, 3.8) is 0 Å². The molecule has 0 radical (unpaired) electrons. The minimum atomic E-state index is -0.231. The first kappa shape index (κ1) is 23.9. The van der Waals surface area contributed by atoms with Gasteiger partial charge in [0.2, 0.25) is 5.95 Å². The normalized spacial score (nSPS) is 19.1. The zero-order valence-corrected chi connectivity index (χ0v) is 21.3. The minimum Gasteiger partial charge on any atom is -0.397 e. The molecule has 2 aliphatic heterocycles. The zero-order chi connectivity index (χ0) is 26.0. The number of nitrogen functional groups attached to an aromatic ring is 1. The Hall–Kier alpha value is -4.46. The molecule has 2 aromatic carbocycles. The predicted molar refractivity (Wildman–Crippen MR) is 151 cm³/mol. The third kappa shape index (κ3) is 4.89. The third-order valence-corrected chi connectivity index (χ3v) is 7.68. The first-order chi connectivity index (χ1) is 18.6. The van der Waals surface area contributed by atoms with Crippen LogP contribution in [0.2, 0.25) is 0 Å². The highest BCUT2D eigenvalue weighted by atomic mass is 16.1. The van der Waals surface area contributed by atoms with E-state index in [1.807, 2.05) is 66.7 Å². The van der Waals surface area contributed by atoms with Crippen LogP contribution in [-0.4, -0.2) is 47.0 Å². The predicted octanol–water partition coefficient (Wildman–Crippen LogP) is 4.87. The van der Waals surface area contributed by atoms with Gasteiger partial charge in [-0.25, -0.2) is 15.0 Å². The Labute approximate surface area is 222 Å². The van der Waals surface area contributed by atoms with Gasteiger partial charge in [-0.2, -0.15) is 0 Å². The fourth-order valence-corrected chi connectivity index (χ4v) is 5.67. The van der Waals surface area contributed by atoms with Crippen molar-refractivity contribution in [2.75, 3.05) is 47.0 Å². The lowest BCUT2D eigenvalue weighted by atomic mass is 9.79. The molecule has 2 aliphatic rings. The standard InChI is InChI=1S/C30H31N7O/c31-25-10-8-23(22-6-2-1-3-7-22)18-26(25)35-28(38)24-9-11-27(34-19-24)36-16-4-12-30(20-36)13-17-37(21-30)29-32-14-5-15-33-29/h1-3,5-11,14-15,18-19H,4,12-13,16-17,20-21,31H2,(H,35,38). The van der Waals surface area contributed by atoms with Gasteiger partial charge in [0.15, 0.2) is 0 Å². The average molecular weight is 506 g/mol. The van der Waals surface area contributed by atoms with Crippen molar-refractivity contribution in [3.05, 3.63) is 90.9 Å². The number of anilines is 4. The molecule has 1 atom stereocenters. The molecule has 4 heterocycles. The first-order valence-corrected chi connectivity index (χ1v) is 13.1. The highest BCUT2D eigenvalue weighted by Gasteiger charge is 2.42. The van der Waals surface area contributed by atoms with Crippen LogP contribution in [0.5, 0.6) is 0 Å². The van der Waals surface area contributed by atoms with Crippen molar-refractivity contribution in [1.29, 1.82) is 0 Å². The van der Waals surface area contributed by atoms with Crippen molar-refractivity contribution >= 4 is 29.0 Å². The van der Waals surface area contributed by atoms with E-state index in [2.05, 4.69) is 30.1 Å². The molecule has 1 amide bonds. The highest BCUT2D eigenvalue weighted by molar-refractivity contribution is 6.06. The molecule has 2 fully saturated rings. The number of hydrogen-bond acceptors (Lipinski definition) is 7. The van der Waals surface area contributed by atoms with Crippen molar-refractivity contribution in [1.82, 2.24) is 15.0 Å². The lowest BCUT2D eigenvalue weighted by Gasteiger charge is -2.41. The average Bonchev–Trinajstić information content (AvgIpc) is 3.38. The summed E-state index contributed by atoms with van der Waals surface area (Å²) >= 11 is 0. The number of nitrogens with one attached hydrogen (secondary N) is 1. The van der Waals surface area contributed by atoms with E-state index in [1.165, 1.54) is 6.42 Å². The number of hydrogen-bond donors (Lipinski definition) is 2. The molecule has 2 saturated heterocycles. The summed E-state index contributed by atoms with van der Waals surface area (Å²) in [6.45, 7) is 3.83. The van der Waals surface area contributed by atoms with Crippen molar-refractivity contribution in [2.45, 2.75) is 19.3 Å². The van der Waals surface area contributed by atoms with Crippen LogP contribution in [0.1, 0.15) is 29.6 Å². The van der Waals surface area contributed by atoms with Crippen molar-refractivity contribution < 1.29 is 4.79 Å². The van der Waals surface area contributed by atoms with Crippen LogP contribution in [0.4, 0.5) is 23.1 Å². The molecule has 8 nitrogen and oxygen atoms in total. The number of carbonyl (C=O) groups is 1. The lowest BCUT2D eigenvalue weighted by molar-refractivity contribution is 0.102. The van der Waals surface area contributed by atoms with Crippen LogP contribution in [0.25, 0.3) is 11.1 Å². The van der Waals surface area contributed by atoms with Gasteiger partial charge in [0.05, 0.1) is 16.9 Å². The van der Waals surface area contributed by atoms with Crippen LogP contribution in [0.3, 0.4) is 0 Å². The van der Waals surface area contributed by atoms with E-state index in [0.29, 0.717) is 16.9 Å². The second-order valence-corrected chi connectivity index (χ2v) is 10.3. The molecule has 1 unspecified atom stereocenters. The van der Waals surface area contributed by atoms with Gasteiger partial charge < -0.3 is 20.9 Å². The number of aromatic nitrogens is 3. The third-order valence-electron chi connectivity index (χ3n) is 7.68. The van der Waals surface area contributed by atoms with Gasteiger partial charge in [-0.05, 0) is 60.7 Å². The summed E-state index contributed by atoms with van der Waals surface area (Å²) in [5.41, 5.74) is 10.0. The summed E-state index contributed by atoms with van der Waals surface area (Å²) in [4.78, 5) is 31.2. The molecule has 0 bridgehead atoms. The van der Waals surface area contributed by atoms with E-state index in [-0.39, 0.29) is 11.3 Å². The van der Waals surface area contributed by atoms with E-state index in [0.717, 1.165) is 61.9 Å². The molecule has 1 spiro atoms. The molecular formula is C30H31N7O. The van der Waals surface area contributed by atoms with E-state index < -0.39 is 0 Å². The Bertz CT molecular complexity index is 1410. The summed E-state index contributed by atoms with van der Waals surface area (Å²) in [6, 6.07) is 21.3. The number of benzene rings is 2. The van der Waals surface area contributed by atoms with Gasteiger partial charge in [0.25, 0.3) is 5.91 Å². The molecule has 0 saturated carbocycles. The van der Waals surface area contributed by atoms with Crippen molar-refractivity contribution in [3.8, 4) is 11.1 Å². The summed E-state index contributed by atoms with van der Waals surface area (Å²) in [5, 5.41) is 2.96. The topological polar surface area (TPSA) is 100 Å². The maximum atomic E-state index is 13.0. The van der Waals surface area contributed by atoms with Gasteiger partial charge in [0, 0.05) is 50.2 Å². The Kier molecular flexibility index (Phi) is 6.37. The SMILES string of the molecule is Nc1ccc(-c2ccccc2)cc1NC(=O)c1ccc(N2CCCC3(CCN(c4ncccn4)C3)C2)nc1. The number of carbonyl (C=O) groups excluding carboxylic acids is 1.